The first-order valence-electron chi connectivity index (χ1n) is 12.8. The van der Waals surface area contributed by atoms with Crippen molar-refractivity contribution in [2.45, 2.75) is 63.9 Å². The van der Waals surface area contributed by atoms with Crippen LogP contribution in [0.1, 0.15) is 53.3 Å². The number of hydrogen-bond acceptors (Lipinski definition) is 4. The molecule has 1 aliphatic heterocycles. The van der Waals surface area contributed by atoms with Crippen LogP contribution in [0.2, 0.25) is 0 Å². The fourth-order valence-electron chi connectivity index (χ4n) is 5.03. The van der Waals surface area contributed by atoms with Gasteiger partial charge in [-0.15, -0.1) is 0 Å². The van der Waals surface area contributed by atoms with Crippen molar-refractivity contribution in [1.82, 2.24) is 4.90 Å². The van der Waals surface area contributed by atoms with Crippen LogP contribution >= 0.6 is 0 Å². The van der Waals surface area contributed by atoms with Gasteiger partial charge in [0.1, 0.15) is 17.7 Å². The van der Waals surface area contributed by atoms with Gasteiger partial charge in [-0.05, 0) is 72.0 Å². The Labute approximate surface area is 239 Å². The second-order valence-electron chi connectivity index (χ2n) is 10.0. The normalized spacial score (nSPS) is 20.1. The SMILES string of the molecule is CCc1cc(-c2ccc(C(F)(F)F)cc2CN2C(O)O[C@H](c3cc(C(F)(F)F)cc(C(F)(F)F)c3)[C@@H]2C)c(OC)cc1F. The Morgan fingerprint density at radius 3 is 1.88 bits per heavy atom. The third-order valence-electron chi connectivity index (χ3n) is 7.28. The molecule has 234 valence electrons. The maximum atomic E-state index is 14.5. The molecule has 0 bridgehead atoms. The molecule has 43 heavy (non-hydrogen) atoms. The Kier molecular flexibility index (Phi) is 8.80. The molecule has 4 nitrogen and oxygen atoms in total. The number of nitrogens with zero attached hydrogens (tertiary/aromatic N) is 1. The lowest BCUT2D eigenvalue weighted by atomic mass is 9.93. The third-order valence-corrected chi connectivity index (χ3v) is 7.28. The van der Waals surface area contributed by atoms with Gasteiger partial charge in [0, 0.05) is 24.2 Å². The highest BCUT2D eigenvalue weighted by Crippen LogP contribution is 2.43. The van der Waals surface area contributed by atoms with Crippen molar-refractivity contribution in [3.63, 3.8) is 0 Å². The fraction of sp³-hybridized carbons (Fsp3) is 0.379. The summed E-state index contributed by atoms with van der Waals surface area (Å²) < 4.78 is 147. The maximum absolute atomic E-state index is 14.5. The predicted octanol–water partition coefficient (Wildman–Crippen LogP) is 8.36. The average molecular weight is 626 g/mol. The predicted molar refractivity (Wildman–Crippen MR) is 134 cm³/mol. The Hall–Kier alpha value is -3.36. The first-order chi connectivity index (χ1) is 19.8. The van der Waals surface area contributed by atoms with Crippen LogP contribution < -0.4 is 4.74 Å². The molecular formula is C29H25F10NO3. The van der Waals surface area contributed by atoms with Gasteiger partial charge in [0.15, 0.2) is 0 Å². The number of ether oxygens (including phenoxy) is 2. The van der Waals surface area contributed by atoms with E-state index in [1.165, 1.54) is 20.1 Å². The van der Waals surface area contributed by atoms with Gasteiger partial charge in [0.2, 0.25) is 6.41 Å². The molecule has 0 radical (unpaired) electrons. The summed E-state index contributed by atoms with van der Waals surface area (Å²) in [5.74, 6) is -0.598. The van der Waals surface area contributed by atoms with Crippen molar-refractivity contribution in [1.29, 1.82) is 0 Å². The van der Waals surface area contributed by atoms with Gasteiger partial charge in [-0.2, -0.15) is 39.5 Å². The van der Waals surface area contributed by atoms with Crippen LogP contribution in [-0.2, 0) is 36.2 Å². The van der Waals surface area contributed by atoms with Crippen molar-refractivity contribution in [3.8, 4) is 16.9 Å². The van der Waals surface area contributed by atoms with Crippen LogP contribution in [0.15, 0.2) is 48.5 Å². The van der Waals surface area contributed by atoms with Gasteiger partial charge >= 0.3 is 18.5 Å². The largest absolute Gasteiger partial charge is 0.496 e. The molecule has 3 aromatic carbocycles. The average Bonchev–Trinajstić information content (AvgIpc) is 3.19. The first-order valence-corrected chi connectivity index (χ1v) is 12.8. The van der Waals surface area contributed by atoms with E-state index >= 15 is 0 Å². The summed E-state index contributed by atoms with van der Waals surface area (Å²) in [7, 11) is 1.24. The molecule has 14 heteroatoms. The lowest BCUT2D eigenvalue weighted by molar-refractivity contribution is -0.154. The Balaban J connectivity index is 1.80. The van der Waals surface area contributed by atoms with Crippen LogP contribution in [-0.4, -0.2) is 29.6 Å². The van der Waals surface area contributed by atoms with E-state index in [1.54, 1.807) is 6.92 Å². The second-order valence-corrected chi connectivity index (χ2v) is 10.0. The lowest BCUT2D eigenvalue weighted by Crippen LogP contribution is -2.35. The summed E-state index contributed by atoms with van der Waals surface area (Å²) in [6, 6.07) is 5.01. The topological polar surface area (TPSA) is 41.9 Å². The van der Waals surface area contributed by atoms with E-state index in [9.17, 15) is 49.0 Å². The van der Waals surface area contributed by atoms with Crippen LogP contribution in [0.4, 0.5) is 43.9 Å². The van der Waals surface area contributed by atoms with Crippen LogP contribution in [0.25, 0.3) is 11.1 Å². The molecule has 1 heterocycles. The molecule has 3 aromatic rings. The number of methoxy groups -OCH3 is 1. The maximum Gasteiger partial charge on any atom is 0.416 e. The van der Waals surface area contributed by atoms with Gasteiger partial charge < -0.3 is 14.6 Å². The zero-order valence-electron chi connectivity index (χ0n) is 22.8. The summed E-state index contributed by atoms with van der Waals surface area (Å²) in [4.78, 5) is 1.09. The molecule has 1 fully saturated rings. The van der Waals surface area contributed by atoms with Gasteiger partial charge in [0.05, 0.1) is 23.8 Å². The zero-order chi connectivity index (χ0) is 32.1. The molecule has 1 aliphatic rings. The Morgan fingerprint density at radius 2 is 1.37 bits per heavy atom. The van der Waals surface area contributed by atoms with Crippen molar-refractivity contribution < 1.29 is 58.5 Å². The molecule has 0 amide bonds. The second kappa shape index (κ2) is 11.6. The number of aliphatic hydroxyl groups is 1. The smallest absolute Gasteiger partial charge is 0.416 e. The van der Waals surface area contributed by atoms with E-state index in [-0.39, 0.29) is 40.5 Å². The molecular weight excluding hydrogens is 600 g/mol. The number of rotatable bonds is 6. The molecule has 0 saturated carbocycles. The molecule has 0 aromatic heterocycles. The summed E-state index contributed by atoms with van der Waals surface area (Å²) in [6.07, 6.45) is -18.2. The van der Waals surface area contributed by atoms with E-state index in [0.717, 1.165) is 29.2 Å². The van der Waals surface area contributed by atoms with Gasteiger partial charge in [0.25, 0.3) is 0 Å². The standard InChI is InChI=1S/C29H25F10NO3/c1-4-15-10-22(24(42-3)12-23(15)30)21-6-5-18(27(31,32)33)9-17(21)13-40-14(2)25(43-26(40)41)16-7-19(28(34,35)36)11-20(8-16)29(37,38)39/h5-12,14,25-26,41H,4,13H2,1-3H3/t14-,25-,26?/m0/s1. The Bertz CT molecular complexity index is 1450. The fourth-order valence-corrected chi connectivity index (χ4v) is 5.03. The lowest BCUT2D eigenvalue weighted by Gasteiger charge is -2.26. The van der Waals surface area contributed by atoms with Crippen molar-refractivity contribution in [3.05, 3.63) is 87.7 Å². The van der Waals surface area contributed by atoms with Crippen molar-refractivity contribution in [2.24, 2.45) is 0 Å². The molecule has 0 aliphatic carbocycles. The minimum atomic E-state index is -5.13. The van der Waals surface area contributed by atoms with Crippen LogP contribution in [0.5, 0.6) is 5.75 Å². The number of aliphatic hydroxyl groups excluding tert-OH is 1. The van der Waals surface area contributed by atoms with E-state index in [1.807, 2.05) is 0 Å². The number of aryl methyl sites for hydroxylation is 1. The molecule has 3 atom stereocenters. The quantitative estimate of drug-likeness (QED) is 0.280. The number of alkyl halides is 9. The highest BCUT2D eigenvalue weighted by atomic mass is 19.4. The number of halogens is 10. The summed E-state index contributed by atoms with van der Waals surface area (Å²) >= 11 is 0. The van der Waals surface area contributed by atoms with E-state index in [2.05, 4.69) is 0 Å². The minimum absolute atomic E-state index is 0.00324. The van der Waals surface area contributed by atoms with Crippen molar-refractivity contribution in [2.75, 3.05) is 7.11 Å². The molecule has 1 unspecified atom stereocenters. The molecule has 1 saturated heterocycles. The van der Waals surface area contributed by atoms with Gasteiger partial charge in [-0.3, -0.25) is 0 Å². The number of hydrogen-bond donors (Lipinski definition) is 1. The third kappa shape index (κ3) is 6.75. The molecule has 1 N–H and O–H groups in total. The Morgan fingerprint density at radius 1 is 0.791 bits per heavy atom. The first kappa shape index (κ1) is 32.6. The molecule has 0 spiro atoms. The van der Waals surface area contributed by atoms with Crippen molar-refractivity contribution >= 4 is 0 Å². The van der Waals surface area contributed by atoms with E-state index < -0.39 is 71.7 Å². The van der Waals surface area contributed by atoms with Gasteiger partial charge in [-0.25, -0.2) is 9.29 Å². The highest BCUT2D eigenvalue weighted by molar-refractivity contribution is 5.75. The molecule has 4 rings (SSSR count). The van der Waals surface area contributed by atoms with Gasteiger partial charge in [-0.1, -0.05) is 13.0 Å². The monoisotopic (exact) mass is 625 g/mol. The minimum Gasteiger partial charge on any atom is -0.496 e. The van der Waals surface area contributed by atoms with Crippen LogP contribution in [0, 0.1) is 5.82 Å². The zero-order valence-corrected chi connectivity index (χ0v) is 22.8. The van der Waals surface area contributed by atoms with Crippen LogP contribution in [0.3, 0.4) is 0 Å². The van der Waals surface area contributed by atoms with E-state index in [0.29, 0.717) is 12.1 Å². The summed E-state index contributed by atoms with van der Waals surface area (Å²) in [6.45, 7) is 2.53. The summed E-state index contributed by atoms with van der Waals surface area (Å²) in [5, 5.41) is 10.7. The summed E-state index contributed by atoms with van der Waals surface area (Å²) in [5.41, 5.74) is -4.17. The van der Waals surface area contributed by atoms with E-state index in [4.69, 9.17) is 9.47 Å². The highest BCUT2D eigenvalue weighted by Gasteiger charge is 2.43. The number of benzene rings is 3.